The van der Waals surface area contributed by atoms with E-state index in [2.05, 4.69) is 9.88 Å². The normalized spacial score (nSPS) is 25.5. The number of hydrogen-bond acceptors (Lipinski definition) is 5. The molecule has 3 rings (SSSR count). The van der Waals surface area contributed by atoms with Crippen LogP contribution in [0, 0.1) is 0 Å². The van der Waals surface area contributed by atoms with Gasteiger partial charge < -0.3 is 9.47 Å². The summed E-state index contributed by atoms with van der Waals surface area (Å²) < 4.78 is 11.3. The molecule has 2 fully saturated rings. The van der Waals surface area contributed by atoms with Gasteiger partial charge in [0.2, 0.25) is 0 Å². The Morgan fingerprint density at radius 3 is 2.87 bits per heavy atom. The number of carbonyl (C=O) groups excluding carboxylic acids is 1. The zero-order valence-corrected chi connectivity index (χ0v) is 14.0. The van der Waals surface area contributed by atoms with Gasteiger partial charge in [0.05, 0.1) is 24.3 Å². The molecule has 0 aromatic carbocycles. The molecule has 0 saturated carbocycles. The van der Waals surface area contributed by atoms with E-state index in [1.165, 1.54) is 11.1 Å². The van der Waals surface area contributed by atoms with E-state index >= 15 is 0 Å². The van der Waals surface area contributed by atoms with Crippen LogP contribution in [-0.2, 0) is 14.3 Å². The van der Waals surface area contributed by atoms with Crippen molar-refractivity contribution in [3.8, 4) is 0 Å². The zero-order chi connectivity index (χ0) is 16.2. The van der Waals surface area contributed by atoms with Crippen LogP contribution in [0.5, 0.6) is 0 Å². The highest BCUT2D eigenvalue weighted by Crippen LogP contribution is 2.24. The molecule has 1 aromatic rings. The van der Waals surface area contributed by atoms with E-state index in [1.54, 1.807) is 19.2 Å². The van der Waals surface area contributed by atoms with Crippen LogP contribution in [0.1, 0.15) is 12.8 Å². The van der Waals surface area contributed by atoms with Gasteiger partial charge in [-0.1, -0.05) is 11.6 Å². The quantitative estimate of drug-likeness (QED) is 0.833. The molecule has 126 valence electrons. The average molecular weight is 340 g/mol. The molecule has 0 N–H and O–H groups in total. The van der Waals surface area contributed by atoms with Crippen LogP contribution in [0.3, 0.4) is 0 Å². The summed E-state index contributed by atoms with van der Waals surface area (Å²) >= 11 is 5.83. The van der Waals surface area contributed by atoms with Gasteiger partial charge in [-0.05, 0) is 25.0 Å². The number of anilines is 1. The molecule has 1 amide bonds. The summed E-state index contributed by atoms with van der Waals surface area (Å²) in [5.74, 6) is 0.531. The second-order valence-corrected chi connectivity index (χ2v) is 6.41. The number of likely N-dealkylation sites (N-methyl/N-ethyl adjacent to an activating group) is 1. The predicted octanol–water partition coefficient (Wildman–Crippen LogP) is 1.58. The fourth-order valence-corrected chi connectivity index (χ4v) is 3.10. The summed E-state index contributed by atoms with van der Waals surface area (Å²) in [7, 11) is 1.72. The molecule has 0 spiro atoms. The number of amides is 1. The Morgan fingerprint density at radius 1 is 1.39 bits per heavy atom. The van der Waals surface area contributed by atoms with Gasteiger partial charge in [-0.3, -0.25) is 14.6 Å². The minimum Gasteiger partial charge on any atom is -0.379 e. The maximum absolute atomic E-state index is 12.6. The van der Waals surface area contributed by atoms with Crippen molar-refractivity contribution in [3.05, 3.63) is 23.4 Å². The maximum Gasteiger partial charge on any atom is 0.257 e. The Hall–Kier alpha value is -1.21. The number of nitrogens with zero attached hydrogens (tertiary/aromatic N) is 3. The lowest BCUT2D eigenvalue weighted by Crippen LogP contribution is -2.42. The Bertz CT molecular complexity index is 534. The number of pyridine rings is 1. The highest BCUT2D eigenvalue weighted by molar-refractivity contribution is 6.30. The molecule has 7 heteroatoms. The molecule has 6 nitrogen and oxygen atoms in total. The van der Waals surface area contributed by atoms with Crippen molar-refractivity contribution in [2.75, 3.05) is 44.8 Å². The summed E-state index contributed by atoms with van der Waals surface area (Å²) in [6.45, 7) is 4.30. The summed E-state index contributed by atoms with van der Waals surface area (Å²) in [6.07, 6.45) is 2.94. The molecule has 0 radical (unpaired) electrons. The molecular formula is C16H22ClN3O3. The van der Waals surface area contributed by atoms with E-state index in [9.17, 15) is 4.79 Å². The highest BCUT2D eigenvalue weighted by Gasteiger charge is 2.34. The van der Waals surface area contributed by atoms with Gasteiger partial charge in [0.15, 0.2) is 0 Å². The van der Waals surface area contributed by atoms with E-state index < -0.39 is 0 Å². The van der Waals surface area contributed by atoms with E-state index in [4.69, 9.17) is 21.1 Å². The maximum atomic E-state index is 12.6. The number of morpholine rings is 1. The third-order valence-electron chi connectivity index (χ3n) is 4.33. The lowest BCUT2D eigenvalue weighted by atomic mass is 10.1. The molecule has 3 heterocycles. The Labute approximate surface area is 141 Å². The van der Waals surface area contributed by atoms with Gasteiger partial charge in [-0.2, -0.15) is 0 Å². The first kappa shape index (κ1) is 16.6. The molecule has 2 aliphatic heterocycles. The third-order valence-corrected chi connectivity index (χ3v) is 4.56. The van der Waals surface area contributed by atoms with Crippen LogP contribution < -0.4 is 4.90 Å². The SMILES string of the molecule is CN(C(=O)[C@@H]1CC[C@H](CN2CCOCC2)O1)c1ccc(Cl)cn1. The van der Waals surface area contributed by atoms with Gasteiger partial charge >= 0.3 is 0 Å². The Kier molecular flexibility index (Phi) is 5.48. The molecule has 0 bridgehead atoms. The van der Waals surface area contributed by atoms with Crippen molar-refractivity contribution in [1.82, 2.24) is 9.88 Å². The molecule has 0 aliphatic carbocycles. The molecule has 0 unspecified atom stereocenters. The zero-order valence-electron chi connectivity index (χ0n) is 13.3. The number of ether oxygens (including phenoxy) is 2. The largest absolute Gasteiger partial charge is 0.379 e. The minimum atomic E-state index is -0.386. The van der Waals surface area contributed by atoms with E-state index in [0.717, 1.165) is 45.7 Å². The first-order chi connectivity index (χ1) is 11.1. The van der Waals surface area contributed by atoms with Crippen LogP contribution in [0.4, 0.5) is 5.82 Å². The van der Waals surface area contributed by atoms with Crippen LogP contribution in [-0.4, -0.2) is 67.9 Å². The molecular weight excluding hydrogens is 318 g/mol. The average Bonchev–Trinajstić information content (AvgIpc) is 3.03. The summed E-state index contributed by atoms with van der Waals surface area (Å²) in [4.78, 5) is 20.6. The van der Waals surface area contributed by atoms with Crippen molar-refractivity contribution < 1.29 is 14.3 Å². The van der Waals surface area contributed by atoms with Gasteiger partial charge in [0.25, 0.3) is 5.91 Å². The Morgan fingerprint density at radius 2 is 2.17 bits per heavy atom. The number of carbonyl (C=O) groups is 1. The van der Waals surface area contributed by atoms with Gasteiger partial charge in [-0.25, -0.2) is 4.98 Å². The van der Waals surface area contributed by atoms with Crippen LogP contribution in [0.2, 0.25) is 5.02 Å². The van der Waals surface area contributed by atoms with Crippen molar-refractivity contribution >= 4 is 23.3 Å². The smallest absolute Gasteiger partial charge is 0.257 e. The van der Waals surface area contributed by atoms with Crippen LogP contribution in [0.15, 0.2) is 18.3 Å². The number of aromatic nitrogens is 1. The lowest BCUT2D eigenvalue weighted by Gasteiger charge is -2.29. The minimum absolute atomic E-state index is 0.0516. The standard InChI is InChI=1S/C16H22ClN3O3/c1-19(15-5-2-12(17)10-18-15)16(21)14-4-3-13(23-14)11-20-6-8-22-9-7-20/h2,5,10,13-14H,3-4,6-9,11H2,1H3/t13-,14+/m1/s1. The molecule has 2 aliphatic rings. The van der Waals surface area contributed by atoms with Crippen molar-refractivity contribution in [3.63, 3.8) is 0 Å². The van der Waals surface area contributed by atoms with E-state index in [1.807, 2.05) is 0 Å². The van der Waals surface area contributed by atoms with Gasteiger partial charge in [-0.15, -0.1) is 0 Å². The molecule has 2 saturated heterocycles. The lowest BCUT2D eigenvalue weighted by molar-refractivity contribution is -0.129. The fourth-order valence-electron chi connectivity index (χ4n) is 2.99. The monoisotopic (exact) mass is 339 g/mol. The first-order valence-corrected chi connectivity index (χ1v) is 8.36. The summed E-state index contributed by atoms with van der Waals surface area (Å²) in [5.41, 5.74) is 0. The Balaban J connectivity index is 1.53. The van der Waals surface area contributed by atoms with E-state index in [-0.39, 0.29) is 18.1 Å². The van der Waals surface area contributed by atoms with E-state index in [0.29, 0.717) is 10.8 Å². The molecule has 2 atom stereocenters. The second-order valence-electron chi connectivity index (χ2n) is 5.97. The second kappa shape index (κ2) is 7.57. The molecule has 23 heavy (non-hydrogen) atoms. The third kappa shape index (κ3) is 4.20. The number of rotatable bonds is 4. The number of hydrogen-bond donors (Lipinski definition) is 0. The summed E-state index contributed by atoms with van der Waals surface area (Å²) in [6, 6.07) is 3.46. The summed E-state index contributed by atoms with van der Waals surface area (Å²) in [5, 5.41) is 0.553. The van der Waals surface area contributed by atoms with Crippen LogP contribution in [0.25, 0.3) is 0 Å². The highest BCUT2D eigenvalue weighted by atomic mass is 35.5. The van der Waals surface area contributed by atoms with Gasteiger partial charge in [0.1, 0.15) is 11.9 Å². The number of halogens is 1. The van der Waals surface area contributed by atoms with Crippen molar-refractivity contribution in [2.45, 2.75) is 25.0 Å². The van der Waals surface area contributed by atoms with Crippen molar-refractivity contribution in [1.29, 1.82) is 0 Å². The van der Waals surface area contributed by atoms with Crippen molar-refractivity contribution in [2.24, 2.45) is 0 Å². The van der Waals surface area contributed by atoms with Gasteiger partial charge in [0, 0.05) is 32.9 Å². The van der Waals surface area contributed by atoms with Crippen LogP contribution >= 0.6 is 11.6 Å². The molecule has 1 aromatic heterocycles. The predicted molar refractivity (Wildman–Crippen MR) is 87.8 cm³/mol. The topological polar surface area (TPSA) is 54.9 Å². The fraction of sp³-hybridized carbons (Fsp3) is 0.625. The first-order valence-electron chi connectivity index (χ1n) is 7.98.